The van der Waals surface area contributed by atoms with E-state index >= 15 is 0 Å². The van der Waals surface area contributed by atoms with Crippen molar-refractivity contribution < 1.29 is 4.74 Å². The summed E-state index contributed by atoms with van der Waals surface area (Å²) in [6.45, 7) is 0.758. The predicted octanol–water partition coefficient (Wildman–Crippen LogP) is 0.411. The van der Waals surface area contributed by atoms with Gasteiger partial charge in [-0.1, -0.05) is 0 Å². The Labute approximate surface area is 52.7 Å². The van der Waals surface area contributed by atoms with Gasteiger partial charge in [0, 0.05) is 6.42 Å². The number of ether oxygens (including phenoxy) is 1. The van der Waals surface area contributed by atoms with Gasteiger partial charge in [0.15, 0.2) is 5.75 Å². The lowest BCUT2D eigenvalue weighted by Gasteiger charge is -1.92. The Morgan fingerprint density at radius 2 is 2.56 bits per heavy atom. The van der Waals surface area contributed by atoms with Crippen molar-refractivity contribution >= 4 is 0 Å². The summed E-state index contributed by atoms with van der Waals surface area (Å²) < 4.78 is 5.17. The highest BCUT2D eigenvalue weighted by Crippen LogP contribution is 2.19. The fourth-order valence-electron chi connectivity index (χ4n) is 0.908. The Kier molecular flexibility index (Phi) is 0.886. The maximum atomic E-state index is 5.17. The first-order chi connectivity index (χ1) is 4.47. The van der Waals surface area contributed by atoms with Crippen molar-refractivity contribution in [2.45, 2.75) is 6.42 Å². The smallest absolute Gasteiger partial charge is 0.159 e. The van der Waals surface area contributed by atoms with Crippen molar-refractivity contribution in [1.82, 2.24) is 9.97 Å². The first kappa shape index (κ1) is 4.73. The van der Waals surface area contributed by atoms with Gasteiger partial charge in [0.1, 0.15) is 6.33 Å². The topological polar surface area (TPSA) is 35.0 Å². The molecule has 1 aromatic rings. The third-order valence-corrected chi connectivity index (χ3v) is 1.35. The van der Waals surface area contributed by atoms with Crippen LogP contribution in [0.2, 0.25) is 0 Å². The van der Waals surface area contributed by atoms with Crippen LogP contribution in [-0.2, 0) is 6.42 Å². The minimum atomic E-state index is 0.758. The van der Waals surface area contributed by atoms with Crippen LogP contribution < -0.4 is 4.74 Å². The first-order valence-corrected chi connectivity index (χ1v) is 2.88. The van der Waals surface area contributed by atoms with Gasteiger partial charge in [0.25, 0.3) is 0 Å². The van der Waals surface area contributed by atoms with Crippen molar-refractivity contribution in [3.05, 3.63) is 18.2 Å². The van der Waals surface area contributed by atoms with E-state index in [1.807, 2.05) is 0 Å². The van der Waals surface area contributed by atoms with Gasteiger partial charge in [0.05, 0.1) is 18.5 Å². The Balaban J connectivity index is 2.54. The first-order valence-electron chi connectivity index (χ1n) is 2.88. The third kappa shape index (κ3) is 0.650. The molecule has 0 saturated heterocycles. The van der Waals surface area contributed by atoms with Crippen molar-refractivity contribution in [2.24, 2.45) is 0 Å². The molecule has 0 bridgehead atoms. The van der Waals surface area contributed by atoms with Crippen LogP contribution in [0.1, 0.15) is 5.69 Å². The number of hydrogen-bond donors (Lipinski definition) is 0. The van der Waals surface area contributed by atoms with E-state index in [-0.39, 0.29) is 0 Å². The zero-order valence-corrected chi connectivity index (χ0v) is 4.87. The van der Waals surface area contributed by atoms with Crippen LogP contribution in [0.4, 0.5) is 0 Å². The summed E-state index contributed by atoms with van der Waals surface area (Å²) in [7, 11) is 0. The molecule has 3 nitrogen and oxygen atoms in total. The third-order valence-electron chi connectivity index (χ3n) is 1.35. The highest BCUT2D eigenvalue weighted by molar-refractivity contribution is 5.26. The second-order valence-corrected chi connectivity index (χ2v) is 1.93. The van der Waals surface area contributed by atoms with E-state index in [9.17, 15) is 0 Å². The van der Waals surface area contributed by atoms with Crippen molar-refractivity contribution in [3.8, 4) is 5.75 Å². The van der Waals surface area contributed by atoms with E-state index in [0.29, 0.717) is 0 Å². The van der Waals surface area contributed by atoms with Crippen molar-refractivity contribution in [2.75, 3.05) is 6.61 Å². The molecule has 2 heterocycles. The van der Waals surface area contributed by atoms with E-state index in [2.05, 4.69) is 9.97 Å². The maximum absolute atomic E-state index is 5.17. The summed E-state index contributed by atoms with van der Waals surface area (Å²) in [4.78, 5) is 7.84. The molecule has 0 unspecified atom stereocenters. The zero-order chi connectivity index (χ0) is 6.10. The summed E-state index contributed by atoms with van der Waals surface area (Å²) in [6, 6.07) is 0. The summed E-state index contributed by atoms with van der Waals surface area (Å²) >= 11 is 0. The van der Waals surface area contributed by atoms with Gasteiger partial charge in [-0.15, -0.1) is 0 Å². The predicted molar refractivity (Wildman–Crippen MR) is 31.2 cm³/mol. The normalized spacial score (nSPS) is 14.7. The number of aromatic nitrogens is 2. The van der Waals surface area contributed by atoms with Crippen LogP contribution in [0.5, 0.6) is 5.75 Å². The molecule has 0 spiro atoms. The molecule has 0 saturated carbocycles. The molecule has 0 N–H and O–H groups in total. The quantitative estimate of drug-likeness (QED) is 0.500. The van der Waals surface area contributed by atoms with E-state index in [0.717, 1.165) is 24.5 Å². The monoisotopic (exact) mass is 122 g/mol. The SMILES string of the molecule is c1ncc2c(n1)CCO2. The number of nitrogens with zero attached hydrogens (tertiary/aromatic N) is 2. The number of fused-ring (bicyclic) bond motifs is 1. The van der Waals surface area contributed by atoms with Gasteiger partial charge in [0.2, 0.25) is 0 Å². The van der Waals surface area contributed by atoms with Crippen molar-refractivity contribution in [1.29, 1.82) is 0 Å². The maximum Gasteiger partial charge on any atom is 0.159 e. The Bertz CT molecular complexity index is 201. The van der Waals surface area contributed by atoms with Crippen LogP contribution in [0.3, 0.4) is 0 Å². The molecule has 9 heavy (non-hydrogen) atoms. The highest BCUT2D eigenvalue weighted by atomic mass is 16.5. The molecule has 0 fully saturated rings. The zero-order valence-electron chi connectivity index (χ0n) is 4.87. The summed E-state index contributed by atoms with van der Waals surface area (Å²) in [6.07, 6.45) is 4.18. The average molecular weight is 122 g/mol. The van der Waals surface area contributed by atoms with Crippen LogP contribution in [0.15, 0.2) is 12.5 Å². The molecular weight excluding hydrogens is 116 g/mol. The minimum absolute atomic E-state index is 0.758. The molecule has 0 radical (unpaired) electrons. The summed E-state index contributed by atoms with van der Waals surface area (Å²) in [5.74, 6) is 0.845. The molecule has 0 aromatic carbocycles. The lowest BCUT2D eigenvalue weighted by Crippen LogP contribution is -1.86. The highest BCUT2D eigenvalue weighted by Gasteiger charge is 2.11. The van der Waals surface area contributed by atoms with Gasteiger partial charge < -0.3 is 4.74 Å². The van der Waals surface area contributed by atoms with E-state index in [1.165, 1.54) is 0 Å². The van der Waals surface area contributed by atoms with Gasteiger partial charge in [-0.05, 0) is 0 Å². The Morgan fingerprint density at radius 1 is 1.56 bits per heavy atom. The number of rotatable bonds is 0. The standard InChI is InChI=1S/C6H6N2O/c1-2-9-6-3-7-4-8-5(1)6/h3-4H,1-2H2. The lowest BCUT2D eigenvalue weighted by atomic mass is 10.3. The second-order valence-electron chi connectivity index (χ2n) is 1.93. The van der Waals surface area contributed by atoms with Gasteiger partial charge >= 0.3 is 0 Å². The van der Waals surface area contributed by atoms with Gasteiger partial charge in [-0.25, -0.2) is 9.97 Å². The number of hydrogen-bond acceptors (Lipinski definition) is 3. The molecule has 1 aliphatic rings. The van der Waals surface area contributed by atoms with Crippen LogP contribution in [-0.4, -0.2) is 16.6 Å². The van der Waals surface area contributed by atoms with E-state index in [4.69, 9.17) is 4.74 Å². The molecule has 1 aromatic heterocycles. The molecule has 0 amide bonds. The summed E-state index contributed by atoms with van der Waals surface area (Å²) in [5, 5.41) is 0. The van der Waals surface area contributed by atoms with Crippen LogP contribution in [0.25, 0.3) is 0 Å². The molecule has 3 heteroatoms. The van der Waals surface area contributed by atoms with Gasteiger partial charge in [-0.3, -0.25) is 0 Å². The summed E-state index contributed by atoms with van der Waals surface area (Å²) in [5.41, 5.74) is 1.03. The van der Waals surface area contributed by atoms with E-state index < -0.39 is 0 Å². The molecule has 2 rings (SSSR count). The van der Waals surface area contributed by atoms with Crippen molar-refractivity contribution in [3.63, 3.8) is 0 Å². The minimum Gasteiger partial charge on any atom is -0.490 e. The lowest BCUT2D eigenvalue weighted by molar-refractivity contribution is 0.355. The Morgan fingerprint density at radius 3 is 3.44 bits per heavy atom. The van der Waals surface area contributed by atoms with Gasteiger partial charge in [-0.2, -0.15) is 0 Å². The molecular formula is C6H6N2O. The molecule has 0 aliphatic carbocycles. The molecule has 46 valence electrons. The molecule has 0 atom stereocenters. The van der Waals surface area contributed by atoms with Crippen LogP contribution >= 0.6 is 0 Å². The van der Waals surface area contributed by atoms with Crippen LogP contribution in [0, 0.1) is 0 Å². The second kappa shape index (κ2) is 1.69. The fourth-order valence-corrected chi connectivity index (χ4v) is 0.908. The molecule has 1 aliphatic heterocycles. The average Bonchev–Trinajstić information content (AvgIpc) is 2.33. The fraction of sp³-hybridized carbons (Fsp3) is 0.333. The Hall–Kier alpha value is -1.12. The van der Waals surface area contributed by atoms with E-state index in [1.54, 1.807) is 12.5 Å². The largest absolute Gasteiger partial charge is 0.490 e.